The topological polar surface area (TPSA) is 79.5 Å². The Morgan fingerprint density at radius 1 is 1.12 bits per heavy atom. The second kappa shape index (κ2) is 7.70. The third-order valence-electron chi connectivity index (χ3n) is 4.05. The van der Waals surface area contributed by atoms with E-state index < -0.39 is 6.09 Å². The van der Waals surface area contributed by atoms with Crippen LogP contribution >= 0.6 is 0 Å². The lowest BCUT2D eigenvalue weighted by Crippen LogP contribution is -2.47. The molecule has 1 aliphatic heterocycles. The molecule has 6 nitrogen and oxygen atoms in total. The fourth-order valence-electron chi connectivity index (χ4n) is 2.78. The van der Waals surface area contributed by atoms with Crippen molar-refractivity contribution in [3.05, 3.63) is 65.2 Å². The number of carbonyl (C=O) groups excluding carboxylic acids is 2. The van der Waals surface area contributed by atoms with Gasteiger partial charge in [0, 0.05) is 18.7 Å². The molecule has 1 heterocycles. The molecule has 0 aromatic heterocycles. The van der Waals surface area contributed by atoms with E-state index in [9.17, 15) is 9.59 Å². The SMILES string of the molecule is Cc1cccc2c1C(=O)NC(CCNC(=O)OCc1ccccc1)N2. The van der Waals surface area contributed by atoms with E-state index in [4.69, 9.17) is 4.74 Å². The van der Waals surface area contributed by atoms with Crippen molar-refractivity contribution in [2.45, 2.75) is 26.1 Å². The van der Waals surface area contributed by atoms with Gasteiger partial charge in [-0.15, -0.1) is 0 Å². The van der Waals surface area contributed by atoms with Gasteiger partial charge in [-0.2, -0.15) is 0 Å². The predicted molar refractivity (Wildman–Crippen MR) is 95.3 cm³/mol. The zero-order valence-electron chi connectivity index (χ0n) is 14.0. The van der Waals surface area contributed by atoms with Gasteiger partial charge in [0.2, 0.25) is 0 Å². The average molecular weight is 339 g/mol. The number of ether oxygens (including phenoxy) is 1. The van der Waals surface area contributed by atoms with Gasteiger partial charge in [0.1, 0.15) is 12.8 Å². The summed E-state index contributed by atoms with van der Waals surface area (Å²) < 4.78 is 5.15. The Bertz CT molecular complexity index is 762. The number of hydrogen-bond acceptors (Lipinski definition) is 4. The quantitative estimate of drug-likeness (QED) is 0.783. The first-order chi connectivity index (χ1) is 12.1. The lowest BCUT2D eigenvalue weighted by atomic mass is 10.0. The molecule has 0 spiro atoms. The summed E-state index contributed by atoms with van der Waals surface area (Å²) in [4.78, 5) is 23.9. The maximum atomic E-state index is 12.2. The Kier molecular flexibility index (Phi) is 5.18. The van der Waals surface area contributed by atoms with Gasteiger partial charge in [-0.1, -0.05) is 42.5 Å². The average Bonchev–Trinajstić information content (AvgIpc) is 2.61. The zero-order valence-corrected chi connectivity index (χ0v) is 14.0. The maximum absolute atomic E-state index is 12.2. The molecule has 0 saturated carbocycles. The summed E-state index contributed by atoms with van der Waals surface area (Å²) in [5.41, 5.74) is 3.36. The minimum atomic E-state index is -0.470. The summed E-state index contributed by atoms with van der Waals surface area (Å²) >= 11 is 0. The highest BCUT2D eigenvalue weighted by Crippen LogP contribution is 2.23. The number of hydrogen-bond donors (Lipinski definition) is 3. The van der Waals surface area contributed by atoms with Crippen molar-refractivity contribution in [3.63, 3.8) is 0 Å². The number of benzene rings is 2. The van der Waals surface area contributed by atoms with Crippen molar-refractivity contribution in [1.29, 1.82) is 0 Å². The lowest BCUT2D eigenvalue weighted by Gasteiger charge is -2.28. The Morgan fingerprint density at radius 3 is 2.72 bits per heavy atom. The first kappa shape index (κ1) is 16.8. The predicted octanol–water partition coefficient (Wildman–Crippen LogP) is 2.79. The van der Waals surface area contributed by atoms with Crippen LogP contribution < -0.4 is 16.0 Å². The number of carbonyl (C=O) groups is 2. The molecule has 1 atom stereocenters. The molecule has 0 radical (unpaired) electrons. The molecule has 0 bridgehead atoms. The summed E-state index contributed by atoms with van der Waals surface area (Å²) in [5.74, 6) is -0.0940. The van der Waals surface area contributed by atoms with Crippen molar-refractivity contribution in [2.75, 3.05) is 11.9 Å². The minimum absolute atomic E-state index is 0.0940. The van der Waals surface area contributed by atoms with Gasteiger partial charge in [0.05, 0.1) is 5.56 Å². The summed E-state index contributed by atoms with van der Waals surface area (Å²) in [6.07, 6.45) is -0.141. The van der Waals surface area contributed by atoms with Crippen LogP contribution in [0.25, 0.3) is 0 Å². The molecule has 2 aromatic rings. The van der Waals surface area contributed by atoms with Crippen molar-refractivity contribution >= 4 is 17.7 Å². The molecule has 3 N–H and O–H groups in total. The van der Waals surface area contributed by atoms with Crippen molar-refractivity contribution in [3.8, 4) is 0 Å². The summed E-state index contributed by atoms with van der Waals surface area (Å²) in [7, 11) is 0. The number of nitrogens with one attached hydrogen (secondary N) is 3. The van der Waals surface area contributed by atoms with Crippen LogP contribution in [-0.4, -0.2) is 24.7 Å². The second-order valence-electron chi connectivity index (χ2n) is 5.95. The molecule has 3 rings (SSSR count). The number of anilines is 1. The molecule has 1 aliphatic rings. The van der Waals surface area contributed by atoms with Crippen molar-refractivity contribution in [2.24, 2.45) is 0 Å². The number of rotatable bonds is 5. The molecular formula is C19H21N3O3. The van der Waals surface area contributed by atoms with Gasteiger partial charge in [-0.25, -0.2) is 4.79 Å². The van der Waals surface area contributed by atoms with Crippen LogP contribution in [0.3, 0.4) is 0 Å². The molecule has 1 unspecified atom stereocenters. The first-order valence-electron chi connectivity index (χ1n) is 8.25. The number of alkyl carbamates (subject to hydrolysis) is 1. The van der Waals surface area contributed by atoms with E-state index in [-0.39, 0.29) is 18.7 Å². The van der Waals surface area contributed by atoms with E-state index in [1.165, 1.54) is 0 Å². The fraction of sp³-hybridized carbons (Fsp3) is 0.263. The Hall–Kier alpha value is -3.02. The van der Waals surface area contributed by atoms with E-state index in [0.29, 0.717) is 18.5 Å². The van der Waals surface area contributed by atoms with Crippen LogP contribution in [0.2, 0.25) is 0 Å². The summed E-state index contributed by atoms with van der Waals surface area (Å²) in [5, 5.41) is 8.88. The van der Waals surface area contributed by atoms with Crippen LogP contribution in [0.15, 0.2) is 48.5 Å². The van der Waals surface area contributed by atoms with Crippen LogP contribution in [-0.2, 0) is 11.3 Å². The van der Waals surface area contributed by atoms with Gasteiger partial charge >= 0.3 is 6.09 Å². The van der Waals surface area contributed by atoms with Crippen LogP contribution in [0.4, 0.5) is 10.5 Å². The van der Waals surface area contributed by atoms with Gasteiger partial charge in [-0.05, 0) is 24.1 Å². The van der Waals surface area contributed by atoms with E-state index >= 15 is 0 Å². The third-order valence-corrected chi connectivity index (χ3v) is 4.05. The number of amides is 2. The molecule has 0 saturated heterocycles. The molecular weight excluding hydrogens is 318 g/mol. The molecule has 0 fully saturated rings. The van der Waals surface area contributed by atoms with Crippen LogP contribution in [0, 0.1) is 6.92 Å². The Balaban J connectivity index is 1.44. The van der Waals surface area contributed by atoms with Gasteiger partial charge < -0.3 is 20.7 Å². The Morgan fingerprint density at radius 2 is 1.92 bits per heavy atom. The van der Waals surface area contributed by atoms with Crippen LogP contribution in [0.1, 0.15) is 27.9 Å². The van der Waals surface area contributed by atoms with E-state index in [1.54, 1.807) is 0 Å². The highest BCUT2D eigenvalue weighted by molar-refractivity contribution is 6.02. The molecule has 0 aliphatic carbocycles. The van der Waals surface area contributed by atoms with E-state index in [1.807, 2.05) is 55.5 Å². The zero-order chi connectivity index (χ0) is 17.6. The number of aryl methyl sites for hydroxylation is 1. The highest BCUT2D eigenvalue weighted by atomic mass is 16.5. The van der Waals surface area contributed by atoms with Crippen molar-refractivity contribution in [1.82, 2.24) is 10.6 Å². The summed E-state index contributed by atoms with van der Waals surface area (Å²) in [6.45, 7) is 2.54. The third kappa shape index (κ3) is 4.29. The van der Waals surface area contributed by atoms with Gasteiger partial charge in [0.15, 0.2) is 0 Å². The normalized spacial score (nSPS) is 15.6. The number of fused-ring (bicyclic) bond motifs is 1. The lowest BCUT2D eigenvalue weighted by molar-refractivity contribution is 0.0933. The second-order valence-corrected chi connectivity index (χ2v) is 5.95. The maximum Gasteiger partial charge on any atom is 0.407 e. The Labute approximate surface area is 146 Å². The minimum Gasteiger partial charge on any atom is -0.445 e. The summed E-state index contributed by atoms with van der Waals surface area (Å²) in [6, 6.07) is 15.2. The monoisotopic (exact) mass is 339 g/mol. The van der Waals surface area contributed by atoms with E-state index in [0.717, 1.165) is 16.8 Å². The molecule has 6 heteroatoms. The first-order valence-corrected chi connectivity index (χ1v) is 8.25. The van der Waals surface area contributed by atoms with E-state index in [2.05, 4.69) is 16.0 Å². The highest BCUT2D eigenvalue weighted by Gasteiger charge is 2.24. The fourth-order valence-corrected chi connectivity index (χ4v) is 2.78. The van der Waals surface area contributed by atoms with Crippen molar-refractivity contribution < 1.29 is 14.3 Å². The van der Waals surface area contributed by atoms with Gasteiger partial charge in [0.25, 0.3) is 5.91 Å². The molecule has 2 aromatic carbocycles. The van der Waals surface area contributed by atoms with Crippen LogP contribution in [0.5, 0.6) is 0 Å². The molecule has 2 amide bonds. The largest absolute Gasteiger partial charge is 0.445 e. The smallest absolute Gasteiger partial charge is 0.407 e. The molecule has 25 heavy (non-hydrogen) atoms. The molecule has 130 valence electrons. The standard InChI is InChI=1S/C19H21N3O3/c1-13-6-5-9-15-17(13)18(23)22-16(21-15)10-11-20-19(24)25-12-14-7-3-2-4-8-14/h2-9,16,21H,10-12H2,1H3,(H,20,24)(H,22,23). The van der Waals surface area contributed by atoms with Gasteiger partial charge in [-0.3, -0.25) is 4.79 Å².